The molecule has 0 heterocycles. The quantitative estimate of drug-likeness (QED) is 0.140. The molecule has 0 bridgehead atoms. The van der Waals surface area contributed by atoms with Crippen LogP contribution in [-0.4, -0.2) is 0 Å². The maximum Gasteiger partial charge on any atom is 0.429 e. The summed E-state index contributed by atoms with van der Waals surface area (Å²) in [5.74, 6) is -17.5. The predicted molar refractivity (Wildman–Crippen MR) is 128 cm³/mol. The van der Waals surface area contributed by atoms with Crippen LogP contribution < -0.4 is 9.47 Å². The molecule has 0 aromatic heterocycles. The second-order valence-corrected chi connectivity index (χ2v) is 8.91. The number of rotatable bonds is 9. The summed E-state index contributed by atoms with van der Waals surface area (Å²) in [6.07, 6.45) is -8.14. The maximum absolute atomic E-state index is 14.8. The number of hydrogen-bond acceptors (Lipinski definition) is 2. The van der Waals surface area contributed by atoms with Crippen LogP contribution in [0.4, 0.5) is 48.3 Å². The molecule has 4 rings (SSSR count). The molecule has 13 heteroatoms. The van der Waals surface area contributed by atoms with Gasteiger partial charge in [0.25, 0.3) is 0 Å². The SMILES string of the molecule is CCCc1ccc(-c2ccc(C(F)(F)Oc3ccc(C(F)(F)Oc4cc(F)c(F)c(F)c4)c(F)c3F)c(F)c2F)cc1. The average Bonchev–Trinajstić information content (AvgIpc) is 2.91. The second-order valence-electron chi connectivity index (χ2n) is 8.91. The first kappa shape index (κ1) is 30.7. The van der Waals surface area contributed by atoms with E-state index in [0.717, 1.165) is 24.5 Å². The average molecular weight is 606 g/mol. The molecule has 4 aromatic rings. The minimum Gasteiger partial charge on any atom is -0.429 e. The maximum atomic E-state index is 14.8. The van der Waals surface area contributed by atoms with Gasteiger partial charge in [0, 0.05) is 17.7 Å². The van der Waals surface area contributed by atoms with Crippen molar-refractivity contribution in [1.29, 1.82) is 0 Å². The van der Waals surface area contributed by atoms with Gasteiger partial charge >= 0.3 is 12.2 Å². The second kappa shape index (κ2) is 11.5. The van der Waals surface area contributed by atoms with Crippen molar-refractivity contribution in [2.45, 2.75) is 32.0 Å². The van der Waals surface area contributed by atoms with Gasteiger partial charge in [0.05, 0.1) is 0 Å². The van der Waals surface area contributed by atoms with Gasteiger partial charge < -0.3 is 9.47 Å². The third-order valence-electron chi connectivity index (χ3n) is 6.00. The van der Waals surface area contributed by atoms with E-state index in [2.05, 4.69) is 9.47 Å². The Morgan fingerprint density at radius 2 is 1.10 bits per heavy atom. The molecule has 42 heavy (non-hydrogen) atoms. The summed E-state index contributed by atoms with van der Waals surface area (Å²) in [5.41, 5.74) is -2.93. The lowest BCUT2D eigenvalue weighted by Crippen LogP contribution is -2.26. The van der Waals surface area contributed by atoms with E-state index < -0.39 is 75.6 Å². The van der Waals surface area contributed by atoms with Crippen LogP contribution in [0.2, 0.25) is 0 Å². The van der Waals surface area contributed by atoms with Crippen molar-refractivity contribution in [2.75, 3.05) is 0 Å². The Labute approximate surface area is 230 Å². The summed E-state index contributed by atoms with van der Waals surface area (Å²) < 4.78 is 165. The van der Waals surface area contributed by atoms with Gasteiger partial charge in [-0.1, -0.05) is 43.7 Å². The molecular formula is C29H17F11O2. The normalized spacial score (nSPS) is 12.0. The molecule has 4 aromatic carbocycles. The van der Waals surface area contributed by atoms with Crippen LogP contribution in [0.5, 0.6) is 11.5 Å². The summed E-state index contributed by atoms with van der Waals surface area (Å²) in [5, 5.41) is 0. The highest BCUT2D eigenvalue weighted by Crippen LogP contribution is 2.41. The predicted octanol–water partition coefficient (Wildman–Crippen LogP) is 9.54. The molecule has 222 valence electrons. The number of benzene rings is 4. The van der Waals surface area contributed by atoms with Crippen LogP contribution in [0.3, 0.4) is 0 Å². The zero-order valence-corrected chi connectivity index (χ0v) is 21.2. The van der Waals surface area contributed by atoms with Gasteiger partial charge in [-0.05, 0) is 35.7 Å². The molecule has 0 spiro atoms. The summed E-state index contributed by atoms with van der Waals surface area (Å²) in [7, 11) is 0. The molecule has 0 amide bonds. The first-order valence-electron chi connectivity index (χ1n) is 12.0. The fourth-order valence-electron chi connectivity index (χ4n) is 3.96. The third kappa shape index (κ3) is 6.00. The van der Waals surface area contributed by atoms with Crippen LogP contribution in [0.1, 0.15) is 30.0 Å². The van der Waals surface area contributed by atoms with E-state index in [-0.39, 0.29) is 35.4 Å². The highest BCUT2D eigenvalue weighted by molar-refractivity contribution is 5.65. The molecule has 0 saturated carbocycles. The smallest absolute Gasteiger partial charge is 0.429 e. The Morgan fingerprint density at radius 3 is 1.67 bits per heavy atom. The minimum absolute atomic E-state index is 0.000936. The zero-order valence-electron chi connectivity index (χ0n) is 21.2. The Kier molecular flexibility index (Phi) is 8.42. The van der Waals surface area contributed by atoms with Crippen LogP contribution >= 0.6 is 0 Å². The lowest BCUT2D eigenvalue weighted by molar-refractivity contribution is -0.191. The van der Waals surface area contributed by atoms with Crippen molar-refractivity contribution in [3.8, 4) is 22.6 Å². The summed E-state index contributed by atoms with van der Waals surface area (Å²) in [4.78, 5) is 0. The van der Waals surface area contributed by atoms with E-state index in [0.29, 0.717) is 6.07 Å². The molecule has 0 aliphatic carbocycles. The van der Waals surface area contributed by atoms with Gasteiger partial charge in [0.1, 0.15) is 16.9 Å². The Hall–Kier alpha value is -4.29. The largest absolute Gasteiger partial charge is 0.429 e. The summed E-state index contributed by atoms with van der Waals surface area (Å²) in [6, 6.07) is 7.64. The molecule has 0 unspecified atom stereocenters. The van der Waals surface area contributed by atoms with Gasteiger partial charge in [-0.25, -0.2) is 26.3 Å². The lowest BCUT2D eigenvalue weighted by Gasteiger charge is -2.22. The first-order chi connectivity index (χ1) is 19.7. The van der Waals surface area contributed by atoms with E-state index in [1.807, 2.05) is 6.92 Å². The number of aryl methyl sites for hydroxylation is 1. The standard InChI is InChI=1S/C29H17F11O2/c1-2-3-14-4-6-15(7-5-14)17-8-9-18(24(33)23(17)32)29(39,40)42-22-11-10-19(25(34)27(22)36)28(37,38)41-16-12-20(30)26(35)21(31)13-16/h4-13H,2-3H2,1H3. The zero-order chi connectivity index (χ0) is 31.0. The molecule has 0 atom stereocenters. The van der Waals surface area contributed by atoms with Gasteiger partial charge in [0.15, 0.2) is 40.7 Å². The van der Waals surface area contributed by atoms with Gasteiger partial charge in [-0.2, -0.15) is 22.0 Å². The van der Waals surface area contributed by atoms with E-state index >= 15 is 0 Å². The molecule has 0 aliphatic heterocycles. The molecule has 0 saturated heterocycles. The van der Waals surface area contributed by atoms with Crippen molar-refractivity contribution in [3.63, 3.8) is 0 Å². The van der Waals surface area contributed by atoms with Crippen LogP contribution in [0.15, 0.2) is 60.7 Å². The molecule has 0 radical (unpaired) electrons. The molecule has 0 N–H and O–H groups in total. The summed E-state index contributed by atoms with van der Waals surface area (Å²) >= 11 is 0. The van der Waals surface area contributed by atoms with Gasteiger partial charge in [-0.15, -0.1) is 0 Å². The van der Waals surface area contributed by atoms with Gasteiger partial charge in [-0.3, -0.25) is 0 Å². The highest BCUT2D eigenvalue weighted by atomic mass is 19.3. The van der Waals surface area contributed by atoms with Gasteiger partial charge in [0.2, 0.25) is 5.82 Å². The topological polar surface area (TPSA) is 18.5 Å². The highest BCUT2D eigenvalue weighted by Gasteiger charge is 2.43. The lowest BCUT2D eigenvalue weighted by atomic mass is 10.00. The van der Waals surface area contributed by atoms with Crippen LogP contribution in [0, 0.1) is 40.7 Å². The van der Waals surface area contributed by atoms with Crippen molar-refractivity contribution < 1.29 is 57.8 Å². The van der Waals surface area contributed by atoms with E-state index in [1.165, 1.54) is 12.1 Å². The van der Waals surface area contributed by atoms with Crippen molar-refractivity contribution >= 4 is 0 Å². The Balaban J connectivity index is 1.60. The monoisotopic (exact) mass is 606 g/mol. The molecule has 0 aliphatic rings. The van der Waals surface area contributed by atoms with E-state index in [4.69, 9.17) is 0 Å². The fraction of sp³-hybridized carbons (Fsp3) is 0.172. The minimum atomic E-state index is -4.86. The van der Waals surface area contributed by atoms with E-state index in [9.17, 15) is 48.3 Å². The number of alkyl halides is 4. The van der Waals surface area contributed by atoms with Crippen molar-refractivity contribution in [3.05, 3.63) is 118 Å². The number of halogens is 11. The van der Waals surface area contributed by atoms with Crippen LogP contribution in [0.25, 0.3) is 11.1 Å². The Bertz CT molecular complexity index is 1600. The van der Waals surface area contributed by atoms with E-state index in [1.54, 1.807) is 12.1 Å². The first-order valence-corrected chi connectivity index (χ1v) is 12.0. The third-order valence-corrected chi connectivity index (χ3v) is 6.00. The van der Waals surface area contributed by atoms with Crippen molar-refractivity contribution in [2.24, 2.45) is 0 Å². The molecule has 2 nitrogen and oxygen atoms in total. The number of ether oxygens (including phenoxy) is 2. The Morgan fingerprint density at radius 1 is 0.571 bits per heavy atom. The fourth-order valence-corrected chi connectivity index (χ4v) is 3.96. The summed E-state index contributed by atoms with van der Waals surface area (Å²) in [6.45, 7) is 1.94. The molecular weight excluding hydrogens is 589 g/mol. The molecule has 0 fully saturated rings. The van der Waals surface area contributed by atoms with Crippen molar-refractivity contribution in [1.82, 2.24) is 0 Å². The number of hydrogen-bond donors (Lipinski definition) is 0. The van der Waals surface area contributed by atoms with Crippen LogP contribution in [-0.2, 0) is 18.6 Å².